The Balaban J connectivity index is 1.62. The summed E-state index contributed by atoms with van der Waals surface area (Å²) < 4.78 is 23.8. The zero-order chi connectivity index (χ0) is 22.4. The Morgan fingerprint density at radius 2 is 1.68 bits per heavy atom. The van der Waals surface area contributed by atoms with Gasteiger partial charge in [-0.2, -0.15) is 0 Å². The summed E-state index contributed by atoms with van der Waals surface area (Å²) in [5.41, 5.74) is 1.52. The van der Waals surface area contributed by atoms with Gasteiger partial charge in [0.15, 0.2) is 11.5 Å². The molecular weight excluding hydrogens is 405 g/mol. The van der Waals surface area contributed by atoms with E-state index in [-0.39, 0.29) is 12.3 Å². The van der Waals surface area contributed by atoms with Crippen LogP contribution in [0.5, 0.6) is 11.5 Å². The molecule has 1 aliphatic heterocycles. The Morgan fingerprint density at radius 3 is 2.26 bits per heavy atom. The number of ether oxygens (including phenoxy) is 2. The lowest BCUT2D eigenvalue weighted by molar-refractivity contribution is -0.132. The van der Waals surface area contributed by atoms with Crippen molar-refractivity contribution in [3.63, 3.8) is 0 Å². The fourth-order valence-corrected chi connectivity index (χ4v) is 3.64. The van der Waals surface area contributed by atoms with Crippen molar-refractivity contribution < 1.29 is 28.6 Å². The van der Waals surface area contributed by atoms with Crippen LogP contribution in [0.25, 0.3) is 0 Å². The van der Waals surface area contributed by atoms with Gasteiger partial charge in [0.05, 0.1) is 26.7 Å². The lowest BCUT2D eigenvalue weighted by Crippen LogP contribution is -2.49. The number of carbonyl (C=O) groups excluding carboxylic acids is 1. The molecule has 1 atom stereocenters. The maximum atomic E-state index is 13.2. The van der Waals surface area contributed by atoms with Crippen molar-refractivity contribution in [1.82, 2.24) is 10.2 Å². The highest BCUT2D eigenvalue weighted by molar-refractivity contribution is 5.78. The van der Waals surface area contributed by atoms with E-state index in [0.29, 0.717) is 43.2 Å². The molecule has 0 aliphatic carbocycles. The Hall–Kier alpha value is -3.49. The SMILES string of the molecule is COc1ccc(N2CCN(C(=O)CC(NC(=O)O)c3ccc(F)cc3)CC2)cc1OC. The summed E-state index contributed by atoms with van der Waals surface area (Å²) in [6.45, 7) is 2.29. The molecule has 0 spiro atoms. The van der Waals surface area contributed by atoms with Crippen LogP contribution in [0.1, 0.15) is 18.0 Å². The Kier molecular flexibility index (Phi) is 7.17. The molecule has 2 aromatic carbocycles. The summed E-state index contributed by atoms with van der Waals surface area (Å²) in [7, 11) is 3.17. The second-order valence-electron chi connectivity index (χ2n) is 7.16. The molecule has 3 rings (SSSR count). The van der Waals surface area contributed by atoms with Gasteiger partial charge in [0.1, 0.15) is 5.82 Å². The number of hydrogen-bond donors (Lipinski definition) is 2. The second kappa shape index (κ2) is 10.0. The summed E-state index contributed by atoms with van der Waals surface area (Å²) in [4.78, 5) is 27.9. The predicted octanol–water partition coefficient (Wildman–Crippen LogP) is 2.89. The molecule has 1 saturated heterocycles. The van der Waals surface area contributed by atoms with E-state index in [2.05, 4.69) is 10.2 Å². The maximum absolute atomic E-state index is 13.2. The van der Waals surface area contributed by atoms with Gasteiger partial charge >= 0.3 is 6.09 Å². The number of amides is 2. The number of carbonyl (C=O) groups is 2. The Morgan fingerprint density at radius 1 is 1.03 bits per heavy atom. The van der Waals surface area contributed by atoms with Gasteiger partial charge in [-0.25, -0.2) is 9.18 Å². The molecule has 1 unspecified atom stereocenters. The molecule has 2 aromatic rings. The largest absolute Gasteiger partial charge is 0.493 e. The third-order valence-corrected chi connectivity index (χ3v) is 5.31. The summed E-state index contributed by atoms with van der Waals surface area (Å²) in [6.07, 6.45) is -1.27. The smallest absolute Gasteiger partial charge is 0.405 e. The minimum absolute atomic E-state index is 0.0334. The molecule has 0 aromatic heterocycles. The Labute approximate surface area is 180 Å². The lowest BCUT2D eigenvalue weighted by Gasteiger charge is -2.37. The maximum Gasteiger partial charge on any atom is 0.405 e. The second-order valence-corrected chi connectivity index (χ2v) is 7.16. The lowest BCUT2D eigenvalue weighted by atomic mass is 10.0. The van der Waals surface area contributed by atoms with Gasteiger partial charge in [-0.15, -0.1) is 0 Å². The van der Waals surface area contributed by atoms with Crippen LogP contribution < -0.4 is 19.7 Å². The molecule has 1 aliphatic rings. The van der Waals surface area contributed by atoms with E-state index in [1.807, 2.05) is 18.2 Å². The molecule has 8 nitrogen and oxygen atoms in total. The van der Waals surface area contributed by atoms with Crippen molar-refractivity contribution in [2.45, 2.75) is 12.5 Å². The van der Waals surface area contributed by atoms with Crippen LogP contribution in [0.2, 0.25) is 0 Å². The molecule has 2 N–H and O–H groups in total. The number of rotatable bonds is 7. The fraction of sp³-hybridized carbons (Fsp3) is 0.364. The molecule has 0 saturated carbocycles. The molecule has 31 heavy (non-hydrogen) atoms. The topological polar surface area (TPSA) is 91.3 Å². The van der Waals surface area contributed by atoms with E-state index >= 15 is 0 Å². The van der Waals surface area contributed by atoms with Crippen LogP contribution >= 0.6 is 0 Å². The summed E-state index contributed by atoms with van der Waals surface area (Å²) in [6, 6.07) is 10.4. The van der Waals surface area contributed by atoms with Crippen molar-refractivity contribution in [3.8, 4) is 11.5 Å². The van der Waals surface area contributed by atoms with E-state index in [4.69, 9.17) is 14.6 Å². The van der Waals surface area contributed by atoms with Gasteiger partial charge in [-0.1, -0.05) is 12.1 Å². The van der Waals surface area contributed by atoms with Crippen molar-refractivity contribution in [3.05, 3.63) is 53.8 Å². The monoisotopic (exact) mass is 431 g/mol. The van der Waals surface area contributed by atoms with Crippen LogP contribution in [-0.4, -0.2) is 62.4 Å². The number of nitrogens with zero attached hydrogens (tertiary/aromatic N) is 2. The van der Waals surface area contributed by atoms with E-state index in [1.54, 1.807) is 19.1 Å². The average Bonchev–Trinajstić information content (AvgIpc) is 2.78. The van der Waals surface area contributed by atoms with Crippen molar-refractivity contribution in [2.24, 2.45) is 0 Å². The minimum atomic E-state index is -1.24. The average molecular weight is 431 g/mol. The number of carboxylic acid groups (broad SMARTS) is 1. The molecule has 1 heterocycles. The zero-order valence-electron chi connectivity index (χ0n) is 17.5. The molecule has 9 heteroatoms. The van der Waals surface area contributed by atoms with E-state index in [0.717, 1.165) is 5.69 Å². The van der Waals surface area contributed by atoms with E-state index < -0.39 is 18.0 Å². The van der Waals surface area contributed by atoms with Gasteiger partial charge in [-0.05, 0) is 29.8 Å². The highest BCUT2D eigenvalue weighted by Crippen LogP contribution is 2.32. The van der Waals surface area contributed by atoms with Gasteiger partial charge in [0.25, 0.3) is 0 Å². The first-order valence-electron chi connectivity index (χ1n) is 9.91. The van der Waals surface area contributed by atoms with Gasteiger partial charge in [-0.3, -0.25) is 4.79 Å². The third kappa shape index (κ3) is 5.56. The highest BCUT2D eigenvalue weighted by atomic mass is 19.1. The number of benzene rings is 2. The first-order valence-corrected chi connectivity index (χ1v) is 9.91. The molecule has 2 amide bonds. The van der Waals surface area contributed by atoms with Crippen molar-refractivity contribution >= 4 is 17.7 Å². The van der Waals surface area contributed by atoms with Gasteiger partial charge < -0.3 is 29.7 Å². The summed E-state index contributed by atoms with van der Waals surface area (Å²) in [5.74, 6) is 0.712. The molecule has 0 radical (unpaired) electrons. The standard InChI is InChI=1S/C22H26FN3O5/c1-30-19-8-7-17(13-20(19)31-2)25-9-11-26(12-10-25)21(27)14-18(24-22(28)29)15-3-5-16(23)6-4-15/h3-8,13,18,24H,9-12,14H2,1-2H3,(H,28,29). The van der Waals surface area contributed by atoms with Crippen LogP contribution in [0.4, 0.5) is 14.9 Å². The number of methoxy groups -OCH3 is 2. The van der Waals surface area contributed by atoms with Crippen LogP contribution in [0.3, 0.4) is 0 Å². The van der Waals surface area contributed by atoms with Crippen molar-refractivity contribution in [1.29, 1.82) is 0 Å². The number of piperazine rings is 1. The third-order valence-electron chi connectivity index (χ3n) is 5.31. The van der Waals surface area contributed by atoms with Crippen molar-refractivity contribution in [2.75, 3.05) is 45.3 Å². The van der Waals surface area contributed by atoms with Gasteiger partial charge in [0, 0.05) is 37.9 Å². The number of anilines is 1. The normalized spacial score (nSPS) is 14.7. The predicted molar refractivity (Wildman–Crippen MR) is 113 cm³/mol. The summed E-state index contributed by atoms with van der Waals surface area (Å²) in [5, 5.41) is 11.5. The fourth-order valence-electron chi connectivity index (χ4n) is 3.64. The van der Waals surface area contributed by atoms with Gasteiger partial charge in [0.2, 0.25) is 5.91 Å². The van der Waals surface area contributed by atoms with Crippen LogP contribution in [0.15, 0.2) is 42.5 Å². The molecular formula is C22H26FN3O5. The first-order chi connectivity index (χ1) is 14.9. The summed E-state index contributed by atoms with van der Waals surface area (Å²) >= 11 is 0. The first kappa shape index (κ1) is 22.2. The van der Waals surface area contributed by atoms with E-state index in [9.17, 15) is 14.0 Å². The van der Waals surface area contributed by atoms with Crippen LogP contribution in [0, 0.1) is 5.82 Å². The molecule has 0 bridgehead atoms. The van der Waals surface area contributed by atoms with Crippen LogP contribution in [-0.2, 0) is 4.79 Å². The zero-order valence-corrected chi connectivity index (χ0v) is 17.5. The highest BCUT2D eigenvalue weighted by Gasteiger charge is 2.26. The number of hydrogen-bond acceptors (Lipinski definition) is 5. The molecule has 166 valence electrons. The quantitative estimate of drug-likeness (QED) is 0.701. The minimum Gasteiger partial charge on any atom is -0.493 e. The van der Waals surface area contributed by atoms with E-state index in [1.165, 1.54) is 24.3 Å². The number of halogens is 1. The molecule has 1 fully saturated rings. The Bertz CT molecular complexity index is 914. The number of nitrogens with one attached hydrogen (secondary N) is 1.